The van der Waals surface area contributed by atoms with Gasteiger partial charge in [-0.2, -0.15) is 0 Å². The number of nitrogens with one attached hydrogen (secondary N) is 2. The SMILES string of the molecule is c1ccc(C2N=C(c3cccc4c3oc3ccc(-c5cccc6c5oc5ccccc56)cc34)NC(c3cccc4sc5ccccc5c34)N2)cc1. The van der Waals surface area contributed by atoms with Gasteiger partial charge in [-0.25, -0.2) is 4.99 Å². The summed E-state index contributed by atoms with van der Waals surface area (Å²) in [6.45, 7) is 0. The second-order valence-corrected chi connectivity index (χ2v) is 14.2. The van der Waals surface area contributed by atoms with Crippen LogP contribution in [0, 0.1) is 0 Å². The average molecular weight is 676 g/mol. The number of rotatable bonds is 4. The van der Waals surface area contributed by atoms with E-state index < -0.39 is 0 Å². The maximum atomic E-state index is 6.70. The van der Waals surface area contributed by atoms with Gasteiger partial charge < -0.3 is 14.2 Å². The van der Waals surface area contributed by atoms with Crippen molar-refractivity contribution in [3.8, 4) is 11.1 Å². The Kier molecular flexibility index (Phi) is 6.26. The van der Waals surface area contributed by atoms with E-state index in [0.29, 0.717) is 0 Å². The number of para-hydroxylation sites is 3. The van der Waals surface area contributed by atoms with Gasteiger partial charge in [0, 0.05) is 47.3 Å². The van der Waals surface area contributed by atoms with Gasteiger partial charge >= 0.3 is 0 Å². The van der Waals surface area contributed by atoms with E-state index in [9.17, 15) is 0 Å². The first-order valence-electron chi connectivity index (χ1n) is 17.2. The van der Waals surface area contributed by atoms with Gasteiger partial charge in [0.25, 0.3) is 0 Å². The Hall–Kier alpha value is -6.21. The number of thiophene rings is 1. The van der Waals surface area contributed by atoms with E-state index in [0.717, 1.165) is 72.0 Å². The van der Waals surface area contributed by atoms with Crippen LogP contribution >= 0.6 is 11.3 Å². The van der Waals surface area contributed by atoms with Crippen molar-refractivity contribution in [2.45, 2.75) is 12.3 Å². The smallest absolute Gasteiger partial charge is 0.146 e. The lowest BCUT2D eigenvalue weighted by Gasteiger charge is -2.32. The first-order valence-corrected chi connectivity index (χ1v) is 18.0. The van der Waals surface area contributed by atoms with E-state index in [1.54, 1.807) is 0 Å². The van der Waals surface area contributed by atoms with Crippen LogP contribution in [0.2, 0.25) is 0 Å². The number of hydrogen-bond acceptors (Lipinski definition) is 6. The number of hydrogen-bond donors (Lipinski definition) is 2. The zero-order valence-corrected chi connectivity index (χ0v) is 28.1. The molecule has 2 N–H and O–H groups in total. The minimum Gasteiger partial charge on any atom is -0.455 e. The molecule has 2 atom stereocenters. The number of fused-ring (bicyclic) bond motifs is 9. The van der Waals surface area contributed by atoms with Crippen molar-refractivity contribution in [3.63, 3.8) is 0 Å². The number of benzene rings is 7. The second kappa shape index (κ2) is 11.2. The largest absolute Gasteiger partial charge is 0.455 e. The lowest BCUT2D eigenvalue weighted by molar-refractivity contribution is 0.411. The van der Waals surface area contributed by atoms with Gasteiger partial charge in [-0.3, -0.25) is 5.32 Å². The molecule has 2 unspecified atom stereocenters. The van der Waals surface area contributed by atoms with E-state index in [1.165, 1.54) is 25.7 Å². The Morgan fingerprint density at radius 1 is 0.529 bits per heavy atom. The normalized spacial score (nSPS) is 16.4. The molecule has 6 heteroatoms. The lowest BCUT2D eigenvalue weighted by Crippen LogP contribution is -2.45. The average Bonchev–Trinajstić information content (AvgIpc) is 3.89. The summed E-state index contributed by atoms with van der Waals surface area (Å²) >= 11 is 1.83. The highest BCUT2D eigenvalue weighted by Gasteiger charge is 2.29. The molecule has 0 radical (unpaired) electrons. The molecule has 5 nitrogen and oxygen atoms in total. The highest BCUT2D eigenvalue weighted by Crippen LogP contribution is 2.41. The molecule has 0 spiro atoms. The van der Waals surface area contributed by atoms with Crippen molar-refractivity contribution < 1.29 is 8.83 Å². The van der Waals surface area contributed by atoms with Crippen LogP contribution in [0.15, 0.2) is 165 Å². The summed E-state index contributed by atoms with van der Waals surface area (Å²) in [4.78, 5) is 5.29. The Labute approximate surface area is 296 Å². The molecule has 0 saturated carbocycles. The molecule has 1 aliphatic rings. The number of aliphatic imine (C=N–C) groups is 1. The third kappa shape index (κ3) is 4.47. The van der Waals surface area contributed by atoms with Crippen molar-refractivity contribution in [3.05, 3.63) is 168 Å². The zero-order chi connectivity index (χ0) is 33.5. The van der Waals surface area contributed by atoms with Gasteiger partial charge in [0.2, 0.25) is 0 Å². The summed E-state index contributed by atoms with van der Waals surface area (Å²) in [6, 6.07) is 53.1. The summed E-state index contributed by atoms with van der Waals surface area (Å²) in [6.07, 6.45) is -0.455. The maximum absolute atomic E-state index is 6.70. The monoisotopic (exact) mass is 675 g/mol. The fourth-order valence-corrected chi connectivity index (χ4v) is 8.97. The van der Waals surface area contributed by atoms with Crippen molar-refractivity contribution in [2.24, 2.45) is 4.99 Å². The van der Waals surface area contributed by atoms with Crippen LogP contribution in [0.1, 0.15) is 29.0 Å². The van der Waals surface area contributed by atoms with Gasteiger partial charge in [0.15, 0.2) is 0 Å². The highest BCUT2D eigenvalue weighted by molar-refractivity contribution is 7.25. The van der Waals surface area contributed by atoms with E-state index in [2.05, 4.69) is 144 Å². The predicted octanol–water partition coefficient (Wildman–Crippen LogP) is 11.9. The van der Waals surface area contributed by atoms with Crippen molar-refractivity contribution in [2.75, 3.05) is 0 Å². The van der Waals surface area contributed by atoms with E-state index in [-0.39, 0.29) is 12.3 Å². The van der Waals surface area contributed by atoms with Gasteiger partial charge in [0.05, 0.1) is 5.56 Å². The first kappa shape index (κ1) is 28.6. The minimum absolute atomic E-state index is 0.194. The van der Waals surface area contributed by atoms with Gasteiger partial charge in [-0.05, 0) is 53.1 Å². The van der Waals surface area contributed by atoms with E-state index in [4.69, 9.17) is 13.8 Å². The van der Waals surface area contributed by atoms with Crippen LogP contribution in [0.5, 0.6) is 0 Å². The third-order valence-electron chi connectivity index (χ3n) is 10.2. The fourth-order valence-electron chi connectivity index (χ4n) is 7.83. The molecule has 0 saturated heterocycles. The molecule has 11 rings (SSSR count). The summed E-state index contributed by atoms with van der Waals surface area (Å²) in [7, 11) is 0. The van der Waals surface area contributed by atoms with E-state index >= 15 is 0 Å². The van der Waals surface area contributed by atoms with E-state index in [1.807, 2.05) is 29.5 Å². The Morgan fingerprint density at radius 2 is 1.20 bits per heavy atom. The molecule has 51 heavy (non-hydrogen) atoms. The van der Waals surface area contributed by atoms with Crippen molar-refractivity contribution >= 4 is 81.2 Å². The molecule has 4 heterocycles. The van der Waals surface area contributed by atoms with Gasteiger partial charge in [-0.1, -0.05) is 115 Å². The second-order valence-electron chi connectivity index (χ2n) is 13.1. The standard InChI is InChI=1S/C45H29N3O2S/c1-2-11-26(12-3-1)43-46-44(33-18-10-22-39-40(33)32-14-5-7-21-38(32)51-39)48-45(47-43)34-19-9-17-31-35-25-27(23-24-37(35)50-42(31)34)28-15-8-16-30-29-13-4-6-20-36(29)49-41(28)30/h1-25,43-44,46H,(H,47,48). The molecule has 242 valence electrons. The first-order chi connectivity index (χ1) is 25.3. The quantitative estimate of drug-likeness (QED) is 0.195. The fraction of sp³-hybridized carbons (Fsp3) is 0.0444. The van der Waals surface area contributed by atoms with Crippen molar-refractivity contribution in [1.82, 2.24) is 10.6 Å². The molecule has 1 aliphatic heterocycles. The van der Waals surface area contributed by atoms with Gasteiger partial charge in [-0.15, -0.1) is 11.3 Å². The lowest BCUT2D eigenvalue weighted by atomic mass is 9.99. The third-order valence-corrected chi connectivity index (χ3v) is 11.3. The summed E-state index contributed by atoms with van der Waals surface area (Å²) in [5.41, 5.74) is 8.80. The summed E-state index contributed by atoms with van der Waals surface area (Å²) < 4.78 is 15.7. The van der Waals surface area contributed by atoms with Crippen LogP contribution in [0.3, 0.4) is 0 Å². The molecular formula is C45H29N3O2S. The predicted molar refractivity (Wildman–Crippen MR) is 210 cm³/mol. The molecular weight excluding hydrogens is 647 g/mol. The Bertz CT molecular complexity index is 3010. The summed E-state index contributed by atoms with van der Waals surface area (Å²) in [5.74, 6) is 0.793. The topological polar surface area (TPSA) is 62.7 Å². The van der Waals surface area contributed by atoms with Crippen LogP contribution in [-0.4, -0.2) is 5.84 Å². The van der Waals surface area contributed by atoms with Crippen LogP contribution in [0.25, 0.3) is 75.2 Å². The molecule has 0 aliphatic carbocycles. The number of nitrogens with zero attached hydrogens (tertiary/aromatic N) is 1. The Morgan fingerprint density at radius 3 is 2.08 bits per heavy atom. The zero-order valence-electron chi connectivity index (χ0n) is 27.3. The number of amidine groups is 1. The highest BCUT2D eigenvalue weighted by atomic mass is 32.1. The number of furan rings is 2. The molecule has 10 aromatic rings. The molecule has 0 amide bonds. The van der Waals surface area contributed by atoms with Crippen molar-refractivity contribution in [1.29, 1.82) is 0 Å². The summed E-state index contributed by atoms with van der Waals surface area (Å²) in [5, 5.41) is 14.5. The van der Waals surface area contributed by atoms with Crippen LogP contribution in [0.4, 0.5) is 0 Å². The molecule has 7 aromatic carbocycles. The molecule has 0 fully saturated rings. The van der Waals surface area contributed by atoms with Crippen LogP contribution in [-0.2, 0) is 0 Å². The maximum Gasteiger partial charge on any atom is 0.146 e. The van der Waals surface area contributed by atoms with Crippen LogP contribution < -0.4 is 10.6 Å². The molecule has 0 bridgehead atoms. The molecule has 3 aromatic heterocycles. The minimum atomic E-state index is -0.261. The van der Waals surface area contributed by atoms with Gasteiger partial charge in [0.1, 0.15) is 40.5 Å². The Balaban J connectivity index is 1.06.